The Morgan fingerprint density at radius 1 is 0.824 bits per heavy atom. The average Bonchev–Trinajstić information content (AvgIpc) is 3.35. The molecule has 1 amide bonds. The summed E-state index contributed by atoms with van der Waals surface area (Å²) in [7, 11) is 2.16. The predicted octanol–water partition coefficient (Wildman–Crippen LogP) is 7.36. The molecule has 0 saturated carbocycles. The van der Waals surface area contributed by atoms with Crippen molar-refractivity contribution in [1.29, 1.82) is 0 Å². The summed E-state index contributed by atoms with van der Waals surface area (Å²) in [5.74, 6) is 0.225. The van der Waals surface area contributed by atoms with E-state index in [1.54, 1.807) is 0 Å². The summed E-state index contributed by atoms with van der Waals surface area (Å²) in [6.45, 7) is 2.19. The van der Waals surface area contributed by atoms with E-state index in [-0.39, 0.29) is 18.0 Å². The zero-order valence-electron chi connectivity index (χ0n) is 19.9. The topological polar surface area (TPSA) is 25.2 Å². The van der Waals surface area contributed by atoms with Crippen LogP contribution in [0.4, 0.5) is 0 Å². The molecule has 2 aliphatic rings. The molecule has 3 aromatic carbocycles. The average molecular weight is 447 g/mol. The second-order valence-corrected chi connectivity index (χ2v) is 9.62. The minimum Gasteiger partial charge on any atom is -0.343 e. The maximum absolute atomic E-state index is 14.0. The van der Waals surface area contributed by atoms with Crippen LogP contribution in [0, 0.1) is 0 Å². The van der Waals surface area contributed by atoms with Gasteiger partial charge in [0, 0.05) is 29.1 Å². The van der Waals surface area contributed by atoms with Crippen LogP contribution in [0.25, 0.3) is 22.2 Å². The number of hydrogen-bond donors (Lipinski definition) is 0. The third-order valence-electron chi connectivity index (χ3n) is 7.78. The lowest BCUT2D eigenvalue weighted by Crippen LogP contribution is -2.33. The molecule has 0 radical (unpaired) electrons. The first-order valence-electron chi connectivity index (χ1n) is 12.4. The first-order valence-corrected chi connectivity index (χ1v) is 12.4. The van der Waals surface area contributed by atoms with Crippen molar-refractivity contribution >= 4 is 16.8 Å². The molecule has 0 fully saturated rings. The Bertz CT molecular complexity index is 1400. The van der Waals surface area contributed by atoms with E-state index in [0.717, 1.165) is 31.3 Å². The zero-order valence-corrected chi connectivity index (χ0v) is 19.9. The number of para-hydroxylation sites is 1. The molecule has 3 nitrogen and oxygen atoms in total. The molecule has 0 saturated heterocycles. The molecule has 2 heterocycles. The van der Waals surface area contributed by atoms with Crippen molar-refractivity contribution in [2.24, 2.45) is 7.05 Å². The number of aryl methyl sites for hydroxylation is 1. The Morgan fingerprint density at radius 3 is 2.24 bits per heavy atom. The number of nitrogens with zero attached hydrogens (tertiary/aromatic N) is 2. The Kier molecular flexibility index (Phi) is 5.13. The van der Waals surface area contributed by atoms with Gasteiger partial charge in [0.05, 0.1) is 17.8 Å². The van der Waals surface area contributed by atoms with Crippen molar-refractivity contribution in [2.45, 2.75) is 44.7 Å². The van der Waals surface area contributed by atoms with Gasteiger partial charge in [0.2, 0.25) is 0 Å². The molecular weight excluding hydrogens is 416 g/mol. The molecule has 170 valence electrons. The number of carbonyl (C=O) groups is 1. The molecule has 1 aliphatic heterocycles. The second-order valence-electron chi connectivity index (χ2n) is 9.62. The first-order chi connectivity index (χ1) is 16.7. The number of amides is 1. The van der Waals surface area contributed by atoms with Gasteiger partial charge >= 0.3 is 0 Å². The molecule has 2 atom stereocenters. The molecule has 1 aliphatic carbocycles. The van der Waals surface area contributed by atoms with Gasteiger partial charge in [-0.2, -0.15) is 0 Å². The van der Waals surface area contributed by atoms with E-state index in [9.17, 15) is 4.79 Å². The summed E-state index contributed by atoms with van der Waals surface area (Å²) in [4.78, 5) is 16.2. The highest BCUT2D eigenvalue weighted by Gasteiger charge is 2.45. The van der Waals surface area contributed by atoms with Crippen molar-refractivity contribution in [3.63, 3.8) is 0 Å². The molecular formula is C31H30N2O. The molecule has 1 aromatic heterocycles. The van der Waals surface area contributed by atoms with Crippen LogP contribution in [0.1, 0.15) is 55.8 Å². The van der Waals surface area contributed by atoms with Crippen molar-refractivity contribution in [2.75, 3.05) is 0 Å². The Morgan fingerprint density at radius 2 is 1.47 bits per heavy atom. The molecule has 0 spiro atoms. The molecule has 0 N–H and O–H groups in total. The van der Waals surface area contributed by atoms with Crippen LogP contribution in [-0.4, -0.2) is 15.4 Å². The molecule has 4 aromatic rings. The Hall–Kier alpha value is -3.59. The van der Waals surface area contributed by atoms with Crippen molar-refractivity contribution in [3.8, 4) is 11.3 Å². The minimum atomic E-state index is -0.0423. The Balaban J connectivity index is 1.63. The fraction of sp³-hybridized carbons (Fsp3) is 0.258. The Labute approximate surface area is 201 Å². The maximum Gasteiger partial charge on any atom is 0.251 e. The highest BCUT2D eigenvalue weighted by Crippen LogP contribution is 2.52. The largest absolute Gasteiger partial charge is 0.343 e. The highest BCUT2D eigenvalue weighted by molar-refractivity contribution is 6.01. The number of hydrogen-bond acceptors (Lipinski definition) is 1. The SMILES string of the molecule is CC(c1ccccc1)N1C(=O)C2=C(CCCC2)C1c1c(-c2ccccc2)n(C)c2ccccc12. The first kappa shape index (κ1) is 21.0. The quantitative estimate of drug-likeness (QED) is 0.321. The summed E-state index contributed by atoms with van der Waals surface area (Å²) in [6, 6.07) is 29.7. The van der Waals surface area contributed by atoms with E-state index < -0.39 is 0 Å². The zero-order chi connectivity index (χ0) is 23.2. The maximum atomic E-state index is 14.0. The van der Waals surface area contributed by atoms with Crippen molar-refractivity contribution in [1.82, 2.24) is 9.47 Å². The summed E-state index contributed by atoms with van der Waals surface area (Å²) >= 11 is 0. The third kappa shape index (κ3) is 3.14. The van der Waals surface area contributed by atoms with E-state index in [2.05, 4.69) is 102 Å². The number of fused-ring (bicyclic) bond motifs is 1. The number of benzene rings is 3. The van der Waals surface area contributed by atoms with Crippen LogP contribution in [0.15, 0.2) is 96.1 Å². The fourth-order valence-corrected chi connectivity index (χ4v) is 6.17. The molecule has 0 bridgehead atoms. The number of rotatable bonds is 4. The molecule has 34 heavy (non-hydrogen) atoms. The van der Waals surface area contributed by atoms with Crippen molar-refractivity contribution in [3.05, 3.63) is 107 Å². The van der Waals surface area contributed by atoms with Crippen LogP contribution in [0.5, 0.6) is 0 Å². The lowest BCUT2D eigenvalue weighted by Gasteiger charge is -2.34. The van der Waals surface area contributed by atoms with Gasteiger partial charge < -0.3 is 9.47 Å². The van der Waals surface area contributed by atoms with Crippen LogP contribution >= 0.6 is 0 Å². The lowest BCUT2D eigenvalue weighted by molar-refractivity contribution is -0.129. The van der Waals surface area contributed by atoms with Gasteiger partial charge in [0.25, 0.3) is 5.91 Å². The van der Waals surface area contributed by atoms with Crippen LogP contribution in [-0.2, 0) is 11.8 Å². The van der Waals surface area contributed by atoms with E-state index in [0.29, 0.717) is 0 Å². The minimum absolute atomic E-state index is 0.00751. The number of aromatic nitrogens is 1. The molecule has 6 rings (SSSR count). The van der Waals surface area contributed by atoms with Gasteiger partial charge in [0.1, 0.15) is 0 Å². The summed E-state index contributed by atoms with van der Waals surface area (Å²) in [5, 5.41) is 1.24. The van der Waals surface area contributed by atoms with Gasteiger partial charge in [-0.15, -0.1) is 0 Å². The summed E-state index contributed by atoms with van der Waals surface area (Å²) in [5.41, 5.74) is 8.47. The third-order valence-corrected chi connectivity index (χ3v) is 7.78. The second kappa shape index (κ2) is 8.32. The van der Waals surface area contributed by atoms with E-state index in [1.165, 1.54) is 38.9 Å². The van der Waals surface area contributed by atoms with Crippen LogP contribution < -0.4 is 0 Å². The van der Waals surface area contributed by atoms with Gasteiger partial charge in [-0.3, -0.25) is 4.79 Å². The van der Waals surface area contributed by atoms with E-state index in [1.807, 2.05) is 6.07 Å². The fourth-order valence-electron chi connectivity index (χ4n) is 6.17. The summed E-state index contributed by atoms with van der Waals surface area (Å²) in [6.07, 6.45) is 4.16. The number of carbonyl (C=O) groups excluding carboxylic acids is 1. The smallest absolute Gasteiger partial charge is 0.251 e. The summed E-state index contributed by atoms with van der Waals surface area (Å²) < 4.78 is 2.32. The van der Waals surface area contributed by atoms with E-state index in [4.69, 9.17) is 0 Å². The molecule has 2 unspecified atom stereocenters. The van der Waals surface area contributed by atoms with Gasteiger partial charge in [0.15, 0.2) is 0 Å². The lowest BCUT2D eigenvalue weighted by atomic mass is 9.85. The van der Waals surface area contributed by atoms with Gasteiger partial charge in [-0.05, 0) is 55.4 Å². The van der Waals surface area contributed by atoms with E-state index >= 15 is 0 Å². The van der Waals surface area contributed by atoms with Crippen LogP contribution in [0.2, 0.25) is 0 Å². The monoisotopic (exact) mass is 446 g/mol. The van der Waals surface area contributed by atoms with Gasteiger partial charge in [-0.1, -0.05) is 78.9 Å². The molecule has 3 heteroatoms. The highest BCUT2D eigenvalue weighted by atomic mass is 16.2. The van der Waals surface area contributed by atoms with Crippen molar-refractivity contribution < 1.29 is 4.79 Å². The standard InChI is InChI=1S/C31H30N2O/c1-21(22-13-5-3-6-14-22)33-30(24-17-9-10-18-25(24)31(33)34)28-26-19-11-12-20-27(26)32(2)29(28)23-15-7-4-8-16-23/h3-8,11-16,19-21,30H,9-10,17-18H2,1-2H3. The van der Waals surface area contributed by atoms with Crippen LogP contribution in [0.3, 0.4) is 0 Å². The predicted molar refractivity (Wildman–Crippen MR) is 138 cm³/mol. The van der Waals surface area contributed by atoms with Gasteiger partial charge in [-0.25, -0.2) is 0 Å². The normalized spacial score (nSPS) is 19.1.